The molecule has 6 heteroatoms. The number of hydrogen-bond donors (Lipinski definition) is 1. The first-order chi connectivity index (χ1) is 8.86. The molecule has 1 saturated carbocycles. The highest BCUT2D eigenvalue weighted by molar-refractivity contribution is 5.31. The molecule has 0 saturated heterocycles. The second kappa shape index (κ2) is 4.73. The molecular formula is C12H15N5O. The lowest BCUT2D eigenvalue weighted by Crippen LogP contribution is -2.38. The molecule has 18 heavy (non-hydrogen) atoms. The van der Waals surface area contributed by atoms with Crippen molar-refractivity contribution in [2.75, 3.05) is 6.54 Å². The van der Waals surface area contributed by atoms with Gasteiger partial charge in [-0.25, -0.2) is 0 Å². The molecule has 2 aromatic rings. The van der Waals surface area contributed by atoms with Gasteiger partial charge in [0.1, 0.15) is 6.10 Å². The maximum Gasteiger partial charge on any atom is 0.340 e. The van der Waals surface area contributed by atoms with E-state index < -0.39 is 0 Å². The monoisotopic (exact) mass is 245 g/mol. The summed E-state index contributed by atoms with van der Waals surface area (Å²) in [7, 11) is 0. The molecule has 0 amide bonds. The minimum atomic E-state index is 0.187. The molecule has 1 fully saturated rings. The van der Waals surface area contributed by atoms with Gasteiger partial charge in [0.25, 0.3) is 0 Å². The molecule has 0 bridgehead atoms. The van der Waals surface area contributed by atoms with Crippen LogP contribution in [0.2, 0.25) is 0 Å². The van der Waals surface area contributed by atoms with Crippen molar-refractivity contribution < 1.29 is 4.74 Å². The predicted molar refractivity (Wildman–Crippen MR) is 65.3 cm³/mol. The summed E-state index contributed by atoms with van der Waals surface area (Å²) < 4.78 is 7.39. The molecule has 1 heterocycles. The third kappa shape index (κ3) is 2.06. The van der Waals surface area contributed by atoms with Crippen molar-refractivity contribution in [2.45, 2.75) is 18.9 Å². The van der Waals surface area contributed by atoms with E-state index in [0.29, 0.717) is 11.9 Å². The highest BCUT2D eigenvalue weighted by Crippen LogP contribution is 2.30. The lowest BCUT2D eigenvalue weighted by molar-refractivity contribution is 0.0580. The van der Waals surface area contributed by atoms with E-state index in [1.165, 1.54) is 0 Å². The van der Waals surface area contributed by atoms with Gasteiger partial charge < -0.3 is 10.5 Å². The van der Waals surface area contributed by atoms with Crippen molar-refractivity contribution in [3.05, 3.63) is 30.3 Å². The van der Waals surface area contributed by atoms with Crippen LogP contribution in [-0.4, -0.2) is 32.9 Å². The van der Waals surface area contributed by atoms with Gasteiger partial charge in [0.15, 0.2) is 0 Å². The Morgan fingerprint density at radius 2 is 2.06 bits per heavy atom. The van der Waals surface area contributed by atoms with E-state index in [4.69, 9.17) is 10.5 Å². The first kappa shape index (κ1) is 11.2. The molecule has 1 aromatic heterocycles. The number of hydrogen-bond acceptors (Lipinski definition) is 5. The maximum atomic E-state index is 5.78. The number of nitrogens with two attached hydrogens (primary N) is 1. The van der Waals surface area contributed by atoms with E-state index in [9.17, 15) is 0 Å². The highest BCUT2D eigenvalue weighted by Gasteiger charge is 2.31. The summed E-state index contributed by atoms with van der Waals surface area (Å²) in [4.78, 5) is 0. The number of nitrogens with zero attached hydrogens (tertiary/aromatic N) is 4. The Morgan fingerprint density at radius 3 is 2.78 bits per heavy atom. The fraction of sp³-hybridized carbons (Fsp3) is 0.417. The number of ether oxygens (including phenoxy) is 1. The molecule has 3 rings (SSSR count). The molecule has 0 unspecified atom stereocenters. The number of aromatic nitrogens is 4. The largest absolute Gasteiger partial charge is 0.459 e. The van der Waals surface area contributed by atoms with Gasteiger partial charge in [-0.15, -0.1) is 0 Å². The second-order valence-corrected chi connectivity index (χ2v) is 4.52. The maximum absolute atomic E-state index is 5.78. The van der Waals surface area contributed by atoms with Crippen LogP contribution >= 0.6 is 0 Å². The summed E-state index contributed by atoms with van der Waals surface area (Å²) in [5.41, 5.74) is 6.48. The van der Waals surface area contributed by atoms with Gasteiger partial charge in [-0.1, -0.05) is 23.3 Å². The Bertz CT molecular complexity index is 506. The SMILES string of the molecule is NCC1CC(Oc2nnnn2-c2ccccc2)C1. The summed E-state index contributed by atoms with van der Waals surface area (Å²) in [6.45, 7) is 0.726. The van der Waals surface area contributed by atoms with Gasteiger partial charge in [-0.05, 0) is 47.9 Å². The molecule has 0 radical (unpaired) electrons. The average molecular weight is 245 g/mol. The van der Waals surface area contributed by atoms with Gasteiger partial charge in [0.05, 0.1) is 5.69 Å². The van der Waals surface area contributed by atoms with Crippen LogP contribution in [0.4, 0.5) is 0 Å². The molecule has 1 aliphatic rings. The second-order valence-electron chi connectivity index (χ2n) is 4.52. The molecule has 0 atom stereocenters. The van der Waals surface area contributed by atoms with Crippen molar-refractivity contribution in [3.63, 3.8) is 0 Å². The number of rotatable bonds is 4. The minimum Gasteiger partial charge on any atom is -0.459 e. The number of benzene rings is 1. The zero-order valence-electron chi connectivity index (χ0n) is 9.94. The average Bonchev–Trinajstić information content (AvgIpc) is 2.82. The van der Waals surface area contributed by atoms with Crippen molar-refractivity contribution in [2.24, 2.45) is 11.7 Å². The Morgan fingerprint density at radius 1 is 1.28 bits per heavy atom. The van der Waals surface area contributed by atoms with E-state index in [1.54, 1.807) is 4.68 Å². The van der Waals surface area contributed by atoms with Crippen molar-refractivity contribution in [1.82, 2.24) is 20.2 Å². The van der Waals surface area contributed by atoms with Gasteiger partial charge in [-0.3, -0.25) is 0 Å². The molecule has 0 spiro atoms. The Balaban J connectivity index is 1.73. The van der Waals surface area contributed by atoms with E-state index in [2.05, 4.69) is 15.5 Å². The lowest BCUT2D eigenvalue weighted by atomic mass is 9.82. The molecule has 94 valence electrons. The van der Waals surface area contributed by atoms with E-state index >= 15 is 0 Å². The highest BCUT2D eigenvalue weighted by atomic mass is 16.5. The summed E-state index contributed by atoms with van der Waals surface area (Å²) in [6.07, 6.45) is 2.16. The molecule has 1 aliphatic carbocycles. The van der Waals surface area contributed by atoms with E-state index in [-0.39, 0.29) is 6.10 Å². The predicted octanol–water partition coefficient (Wildman–Crippen LogP) is 0.778. The van der Waals surface area contributed by atoms with Gasteiger partial charge >= 0.3 is 6.01 Å². The lowest BCUT2D eigenvalue weighted by Gasteiger charge is -2.33. The van der Waals surface area contributed by atoms with Crippen LogP contribution in [0.3, 0.4) is 0 Å². The third-order valence-electron chi connectivity index (χ3n) is 3.24. The number of tetrazole rings is 1. The van der Waals surface area contributed by atoms with Crippen LogP contribution in [0.1, 0.15) is 12.8 Å². The quantitative estimate of drug-likeness (QED) is 0.861. The summed E-state index contributed by atoms with van der Waals surface area (Å²) >= 11 is 0. The fourth-order valence-corrected chi connectivity index (χ4v) is 2.10. The molecular weight excluding hydrogens is 230 g/mol. The normalized spacial score (nSPS) is 22.5. The van der Waals surface area contributed by atoms with Crippen LogP contribution in [0.15, 0.2) is 30.3 Å². The summed E-state index contributed by atoms with van der Waals surface area (Å²) in [6, 6.07) is 10.1. The van der Waals surface area contributed by atoms with Crippen LogP contribution in [0.5, 0.6) is 6.01 Å². The summed E-state index contributed by atoms with van der Waals surface area (Å²) in [5, 5.41) is 11.5. The Kier molecular flexibility index (Phi) is 2.93. The first-order valence-corrected chi connectivity index (χ1v) is 6.07. The van der Waals surface area contributed by atoms with Gasteiger partial charge in [0.2, 0.25) is 0 Å². The molecule has 6 nitrogen and oxygen atoms in total. The Hall–Kier alpha value is -1.95. The van der Waals surface area contributed by atoms with Crippen molar-refractivity contribution in [1.29, 1.82) is 0 Å². The summed E-state index contributed by atoms with van der Waals surface area (Å²) in [5.74, 6) is 0.580. The third-order valence-corrected chi connectivity index (χ3v) is 3.24. The smallest absolute Gasteiger partial charge is 0.340 e. The topological polar surface area (TPSA) is 78.8 Å². The molecule has 2 N–H and O–H groups in total. The minimum absolute atomic E-state index is 0.187. The zero-order valence-corrected chi connectivity index (χ0v) is 9.94. The van der Waals surface area contributed by atoms with E-state index in [1.807, 2.05) is 30.3 Å². The number of para-hydroxylation sites is 1. The zero-order chi connectivity index (χ0) is 12.4. The Labute approximate surface area is 105 Å². The van der Waals surface area contributed by atoms with Crippen molar-refractivity contribution >= 4 is 0 Å². The van der Waals surface area contributed by atoms with Crippen LogP contribution in [0.25, 0.3) is 5.69 Å². The van der Waals surface area contributed by atoms with Gasteiger partial charge in [0, 0.05) is 0 Å². The first-order valence-electron chi connectivity index (χ1n) is 6.07. The van der Waals surface area contributed by atoms with Crippen LogP contribution in [0, 0.1) is 5.92 Å². The standard InChI is InChI=1S/C12H15N5O/c13-8-9-6-11(7-9)18-12-14-15-16-17(12)10-4-2-1-3-5-10/h1-5,9,11H,6-8,13H2. The van der Waals surface area contributed by atoms with E-state index in [0.717, 1.165) is 25.1 Å². The molecule has 1 aromatic carbocycles. The van der Waals surface area contributed by atoms with Crippen molar-refractivity contribution in [3.8, 4) is 11.7 Å². The van der Waals surface area contributed by atoms with Crippen LogP contribution in [-0.2, 0) is 0 Å². The fourth-order valence-electron chi connectivity index (χ4n) is 2.10. The van der Waals surface area contributed by atoms with Gasteiger partial charge in [-0.2, -0.15) is 4.68 Å². The van der Waals surface area contributed by atoms with Crippen LogP contribution < -0.4 is 10.5 Å². The molecule has 0 aliphatic heterocycles.